The number of carbonyl (C=O) groups is 1. The van der Waals surface area contributed by atoms with Gasteiger partial charge in [-0.1, -0.05) is 12.1 Å². The van der Waals surface area contributed by atoms with E-state index in [4.69, 9.17) is 4.74 Å². The standard InChI is InChI=1S/C25H23N3O2/c1-17-6-4-7-22(18(17)2)25(29)27-19-8-10-20(11-9-19)28-15-5-14-26-23-16-21(30-3)12-13-24(23)28/h4-16H,1-3H3,(H,27,29). The van der Waals surface area contributed by atoms with Gasteiger partial charge in [0.25, 0.3) is 5.91 Å². The van der Waals surface area contributed by atoms with Gasteiger partial charge in [0.1, 0.15) is 5.75 Å². The van der Waals surface area contributed by atoms with Crippen molar-refractivity contribution in [1.82, 2.24) is 0 Å². The third-order valence-electron chi connectivity index (χ3n) is 5.23. The fourth-order valence-electron chi connectivity index (χ4n) is 3.39. The summed E-state index contributed by atoms with van der Waals surface area (Å²) >= 11 is 0. The van der Waals surface area contributed by atoms with Crippen LogP contribution in [0.4, 0.5) is 22.7 Å². The number of amides is 1. The van der Waals surface area contributed by atoms with Crippen LogP contribution in [0, 0.1) is 13.8 Å². The van der Waals surface area contributed by atoms with Crippen LogP contribution >= 0.6 is 0 Å². The number of benzene rings is 3. The van der Waals surface area contributed by atoms with Gasteiger partial charge in [0.05, 0.1) is 18.5 Å². The van der Waals surface area contributed by atoms with E-state index in [1.807, 2.05) is 86.8 Å². The third kappa shape index (κ3) is 3.82. The zero-order chi connectivity index (χ0) is 21.1. The molecular formula is C25H23N3O2. The van der Waals surface area contributed by atoms with Gasteiger partial charge in [0, 0.05) is 35.4 Å². The molecule has 0 saturated heterocycles. The lowest BCUT2D eigenvalue weighted by molar-refractivity contribution is 0.102. The maximum atomic E-state index is 12.7. The predicted molar refractivity (Wildman–Crippen MR) is 123 cm³/mol. The van der Waals surface area contributed by atoms with E-state index < -0.39 is 0 Å². The molecule has 1 aliphatic heterocycles. The van der Waals surface area contributed by atoms with Crippen LogP contribution in [-0.2, 0) is 0 Å². The zero-order valence-corrected chi connectivity index (χ0v) is 17.2. The van der Waals surface area contributed by atoms with Crippen LogP contribution in [0.25, 0.3) is 0 Å². The molecule has 150 valence electrons. The van der Waals surface area contributed by atoms with Gasteiger partial charge in [-0.15, -0.1) is 0 Å². The van der Waals surface area contributed by atoms with Crippen molar-refractivity contribution >= 4 is 34.9 Å². The second kappa shape index (κ2) is 8.25. The van der Waals surface area contributed by atoms with Crippen LogP contribution in [0.15, 0.2) is 77.9 Å². The number of hydrogen-bond donors (Lipinski definition) is 1. The number of ether oxygens (including phenoxy) is 1. The Bertz CT molecular complexity index is 1150. The normalized spacial score (nSPS) is 12.3. The predicted octanol–water partition coefficient (Wildman–Crippen LogP) is 5.93. The second-order valence-corrected chi connectivity index (χ2v) is 7.09. The number of aryl methyl sites for hydroxylation is 1. The summed E-state index contributed by atoms with van der Waals surface area (Å²) in [5.74, 6) is 0.654. The number of carbonyl (C=O) groups excluding carboxylic acids is 1. The minimum atomic E-state index is -0.107. The summed E-state index contributed by atoms with van der Waals surface area (Å²) < 4.78 is 5.31. The first kappa shape index (κ1) is 19.5. The molecule has 5 nitrogen and oxygen atoms in total. The van der Waals surface area contributed by atoms with Gasteiger partial charge < -0.3 is 15.0 Å². The molecule has 0 saturated carbocycles. The van der Waals surface area contributed by atoms with Crippen molar-refractivity contribution in [2.24, 2.45) is 4.99 Å². The SMILES string of the molecule is COc1ccc2c(c1)N=CC=CN2c1ccc(NC(=O)c2cccc(C)c2C)cc1. The Morgan fingerprint density at radius 2 is 1.83 bits per heavy atom. The Kier molecular flexibility index (Phi) is 5.35. The molecule has 0 spiro atoms. The molecule has 30 heavy (non-hydrogen) atoms. The number of hydrogen-bond acceptors (Lipinski definition) is 4. The number of aliphatic imine (C=N–C) groups is 1. The van der Waals surface area contributed by atoms with Crippen molar-refractivity contribution in [2.45, 2.75) is 13.8 Å². The first-order valence-corrected chi connectivity index (χ1v) is 9.72. The van der Waals surface area contributed by atoms with Gasteiger partial charge in [-0.2, -0.15) is 0 Å². The zero-order valence-electron chi connectivity index (χ0n) is 17.2. The van der Waals surface area contributed by atoms with Gasteiger partial charge in [-0.3, -0.25) is 9.79 Å². The molecule has 0 radical (unpaired) electrons. The number of methoxy groups -OCH3 is 1. The quantitative estimate of drug-likeness (QED) is 0.593. The van der Waals surface area contributed by atoms with Crippen LogP contribution in [0.3, 0.4) is 0 Å². The van der Waals surface area contributed by atoms with Crippen LogP contribution in [0.2, 0.25) is 0 Å². The molecule has 0 unspecified atom stereocenters. The lowest BCUT2D eigenvalue weighted by atomic mass is 10.0. The highest BCUT2D eigenvalue weighted by atomic mass is 16.5. The molecule has 5 heteroatoms. The minimum absolute atomic E-state index is 0.107. The second-order valence-electron chi connectivity index (χ2n) is 7.09. The summed E-state index contributed by atoms with van der Waals surface area (Å²) in [6, 6.07) is 19.3. The maximum Gasteiger partial charge on any atom is 0.255 e. The minimum Gasteiger partial charge on any atom is -0.497 e. The smallest absolute Gasteiger partial charge is 0.255 e. The summed E-state index contributed by atoms with van der Waals surface area (Å²) in [4.78, 5) is 19.2. The highest BCUT2D eigenvalue weighted by Crippen LogP contribution is 2.38. The average Bonchev–Trinajstić information content (AvgIpc) is 2.98. The number of nitrogens with zero attached hydrogens (tertiary/aromatic N) is 2. The van der Waals surface area contributed by atoms with Gasteiger partial charge in [0.2, 0.25) is 0 Å². The largest absolute Gasteiger partial charge is 0.497 e. The highest BCUT2D eigenvalue weighted by molar-refractivity contribution is 6.05. The first-order chi connectivity index (χ1) is 14.6. The van der Waals surface area contributed by atoms with E-state index in [0.717, 1.165) is 39.6 Å². The summed E-state index contributed by atoms with van der Waals surface area (Å²) in [5, 5.41) is 2.99. The Balaban J connectivity index is 1.57. The van der Waals surface area contributed by atoms with E-state index in [2.05, 4.69) is 15.2 Å². The van der Waals surface area contributed by atoms with Crippen LogP contribution in [-0.4, -0.2) is 19.2 Å². The lowest BCUT2D eigenvalue weighted by Gasteiger charge is -2.22. The van der Waals surface area contributed by atoms with E-state index in [1.165, 1.54) is 0 Å². The van der Waals surface area contributed by atoms with Gasteiger partial charge in [0.15, 0.2) is 0 Å². The van der Waals surface area contributed by atoms with Gasteiger partial charge >= 0.3 is 0 Å². The summed E-state index contributed by atoms with van der Waals surface area (Å²) in [7, 11) is 1.64. The Morgan fingerprint density at radius 1 is 1.03 bits per heavy atom. The average molecular weight is 397 g/mol. The number of fused-ring (bicyclic) bond motifs is 1. The van der Waals surface area contributed by atoms with Crippen LogP contribution in [0.5, 0.6) is 5.75 Å². The summed E-state index contributed by atoms with van der Waals surface area (Å²) in [6.45, 7) is 3.97. The number of nitrogens with one attached hydrogen (secondary N) is 1. The van der Waals surface area contributed by atoms with E-state index in [9.17, 15) is 4.79 Å². The van der Waals surface area contributed by atoms with Crippen molar-refractivity contribution in [1.29, 1.82) is 0 Å². The first-order valence-electron chi connectivity index (χ1n) is 9.72. The molecule has 1 aliphatic rings. The number of anilines is 3. The molecule has 0 fully saturated rings. The topological polar surface area (TPSA) is 53.9 Å². The van der Waals surface area contributed by atoms with Gasteiger partial charge in [-0.25, -0.2) is 0 Å². The molecule has 3 aromatic carbocycles. The molecule has 1 heterocycles. The lowest BCUT2D eigenvalue weighted by Crippen LogP contribution is -2.14. The van der Waals surface area contributed by atoms with Crippen molar-refractivity contribution < 1.29 is 9.53 Å². The Labute approximate surface area is 176 Å². The highest BCUT2D eigenvalue weighted by Gasteiger charge is 2.15. The van der Waals surface area contributed by atoms with Crippen molar-refractivity contribution in [2.75, 3.05) is 17.3 Å². The molecule has 3 aromatic rings. The van der Waals surface area contributed by atoms with E-state index >= 15 is 0 Å². The summed E-state index contributed by atoms with van der Waals surface area (Å²) in [6.07, 6.45) is 5.62. The van der Waals surface area contributed by atoms with E-state index in [1.54, 1.807) is 13.3 Å². The molecular weight excluding hydrogens is 374 g/mol. The Morgan fingerprint density at radius 3 is 2.60 bits per heavy atom. The van der Waals surface area contributed by atoms with Crippen molar-refractivity contribution in [3.63, 3.8) is 0 Å². The molecule has 0 atom stereocenters. The third-order valence-corrected chi connectivity index (χ3v) is 5.23. The molecule has 0 aromatic heterocycles. The molecule has 0 bridgehead atoms. The van der Waals surface area contributed by atoms with Crippen molar-refractivity contribution in [3.05, 3.63) is 89.6 Å². The maximum absolute atomic E-state index is 12.7. The fraction of sp³-hybridized carbons (Fsp3) is 0.120. The molecule has 1 amide bonds. The van der Waals surface area contributed by atoms with Crippen LogP contribution < -0.4 is 15.0 Å². The fourth-order valence-corrected chi connectivity index (χ4v) is 3.39. The number of allylic oxidation sites excluding steroid dienone is 1. The van der Waals surface area contributed by atoms with E-state index in [-0.39, 0.29) is 5.91 Å². The molecule has 4 rings (SSSR count). The van der Waals surface area contributed by atoms with Crippen LogP contribution in [0.1, 0.15) is 21.5 Å². The Hall–Kier alpha value is -3.86. The van der Waals surface area contributed by atoms with Gasteiger partial charge in [-0.05, 0) is 73.5 Å². The van der Waals surface area contributed by atoms with Crippen molar-refractivity contribution in [3.8, 4) is 5.75 Å². The monoisotopic (exact) mass is 397 g/mol. The molecule has 0 aliphatic carbocycles. The number of rotatable bonds is 4. The summed E-state index contributed by atoms with van der Waals surface area (Å²) in [5.41, 5.74) is 6.27. The molecule has 1 N–H and O–H groups in total. The van der Waals surface area contributed by atoms with E-state index in [0.29, 0.717) is 5.56 Å².